The molecule has 4 heterocycles. The number of halogens is 1. The molecule has 0 bridgehead atoms. The molecule has 10 nitrogen and oxygen atoms in total. The van der Waals surface area contributed by atoms with E-state index in [0.29, 0.717) is 17.0 Å². The molecule has 0 spiro atoms. The Balaban J connectivity index is 1.78. The van der Waals surface area contributed by atoms with Gasteiger partial charge >= 0.3 is 0 Å². The van der Waals surface area contributed by atoms with Gasteiger partial charge in [-0.2, -0.15) is 4.98 Å². The first-order valence-corrected chi connectivity index (χ1v) is 12.9. The maximum Gasteiger partial charge on any atom is 0.269 e. The molecule has 0 amide bonds. The number of hydrogen-bond donors (Lipinski definition) is 0. The van der Waals surface area contributed by atoms with E-state index in [1.54, 1.807) is 12.1 Å². The molecule has 3 aromatic rings. The van der Waals surface area contributed by atoms with Crippen LogP contribution in [-0.4, -0.2) is 66.1 Å². The van der Waals surface area contributed by atoms with Crippen LogP contribution in [0.3, 0.4) is 0 Å². The van der Waals surface area contributed by atoms with Crippen molar-refractivity contribution in [3.63, 3.8) is 0 Å². The summed E-state index contributed by atoms with van der Waals surface area (Å²) >= 11 is 8.31. The molecule has 1 saturated heterocycles. The van der Waals surface area contributed by atoms with Crippen molar-refractivity contribution < 1.29 is 4.92 Å². The predicted octanol–water partition coefficient (Wildman–Crippen LogP) is 4.60. The van der Waals surface area contributed by atoms with Gasteiger partial charge in [0.2, 0.25) is 11.9 Å². The van der Waals surface area contributed by atoms with Crippen LogP contribution in [0.2, 0.25) is 5.15 Å². The lowest BCUT2D eigenvalue weighted by atomic mass is 9.86. The normalized spacial score (nSPS) is 16.8. The van der Waals surface area contributed by atoms with Crippen LogP contribution in [0.5, 0.6) is 0 Å². The third-order valence-electron chi connectivity index (χ3n) is 6.39. The van der Waals surface area contributed by atoms with E-state index in [9.17, 15) is 10.1 Å². The number of hydrogen-bond acceptors (Lipinski definition) is 10. The Hall–Kier alpha value is -3.18. The van der Waals surface area contributed by atoms with Crippen molar-refractivity contribution in [3.8, 4) is 0 Å². The van der Waals surface area contributed by atoms with Crippen molar-refractivity contribution in [2.24, 2.45) is 0 Å². The average molecular weight is 527 g/mol. The van der Waals surface area contributed by atoms with Crippen molar-refractivity contribution in [2.75, 3.05) is 56.0 Å². The maximum atomic E-state index is 11.3. The summed E-state index contributed by atoms with van der Waals surface area (Å²) in [5, 5.41) is 13.2. The third kappa shape index (κ3) is 4.41. The van der Waals surface area contributed by atoms with Crippen molar-refractivity contribution in [1.29, 1.82) is 0 Å². The molecule has 2 aliphatic heterocycles. The minimum atomic E-state index is -0.395. The average Bonchev–Trinajstić information content (AvgIpc) is 2.87. The van der Waals surface area contributed by atoms with E-state index < -0.39 is 4.92 Å². The highest BCUT2D eigenvalue weighted by atomic mass is 35.5. The summed E-state index contributed by atoms with van der Waals surface area (Å²) < 4.78 is 0. The monoisotopic (exact) mass is 526 g/mol. The fourth-order valence-corrected chi connectivity index (χ4v) is 6.01. The van der Waals surface area contributed by atoms with Gasteiger partial charge in [-0.05, 0) is 36.6 Å². The van der Waals surface area contributed by atoms with E-state index in [1.807, 2.05) is 38.0 Å². The number of fused-ring (bicyclic) bond motifs is 2. The van der Waals surface area contributed by atoms with Gasteiger partial charge in [-0.3, -0.25) is 10.1 Å². The van der Waals surface area contributed by atoms with Crippen molar-refractivity contribution in [1.82, 2.24) is 19.9 Å². The smallest absolute Gasteiger partial charge is 0.269 e. The lowest BCUT2D eigenvalue weighted by molar-refractivity contribution is -0.384. The zero-order valence-corrected chi connectivity index (χ0v) is 22.2. The molecule has 0 N–H and O–H groups in total. The first-order chi connectivity index (χ1) is 17.2. The Labute approximate surface area is 218 Å². The molecule has 5 rings (SSSR count). The van der Waals surface area contributed by atoms with Crippen LogP contribution in [0.25, 0.3) is 0 Å². The highest BCUT2D eigenvalue weighted by Crippen LogP contribution is 2.52. The van der Waals surface area contributed by atoms with E-state index in [4.69, 9.17) is 26.6 Å². The van der Waals surface area contributed by atoms with Gasteiger partial charge in [0.05, 0.1) is 4.92 Å². The molecule has 2 aromatic heterocycles. The van der Waals surface area contributed by atoms with Crippen LogP contribution >= 0.6 is 23.4 Å². The van der Waals surface area contributed by atoms with Crippen LogP contribution < -0.4 is 14.7 Å². The molecule has 0 radical (unpaired) electrons. The number of non-ortho nitro benzene ring substituents is 1. The largest absolute Gasteiger partial charge is 0.356 e. The molecular weight excluding hydrogens is 500 g/mol. The van der Waals surface area contributed by atoms with Crippen LogP contribution in [-0.2, 0) is 0 Å². The Morgan fingerprint density at radius 3 is 2.08 bits per heavy atom. The molecule has 0 aliphatic carbocycles. The number of nitrogens with zero attached hydrogens (tertiary/aromatic N) is 8. The topological polar surface area (TPSA) is 104 Å². The van der Waals surface area contributed by atoms with Crippen molar-refractivity contribution >= 4 is 46.8 Å². The minimum Gasteiger partial charge on any atom is -0.356 e. The molecule has 12 heteroatoms. The molecule has 0 saturated carbocycles. The standard InChI is InChI=1S/C24H27ClN8O2S/c1-30(2)23-26-19(25)17-16(14-8-10-15(11-9-14)33(34)35)18-20(32-12-6-5-7-13-32)27-24(31(3)4)29-22(18)36-21(17)28-23/h8-11,16H,5-7,12-13H2,1-4H3. The zero-order chi connectivity index (χ0) is 25.6. The molecular formula is C24H27ClN8O2S. The molecule has 188 valence electrons. The number of nitro groups is 1. The molecule has 1 atom stereocenters. The Bertz CT molecular complexity index is 1310. The Morgan fingerprint density at radius 2 is 1.50 bits per heavy atom. The van der Waals surface area contributed by atoms with Crippen LogP contribution in [0.1, 0.15) is 41.9 Å². The summed E-state index contributed by atoms with van der Waals surface area (Å²) in [4.78, 5) is 36.3. The van der Waals surface area contributed by atoms with Crippen LogP contribution in [0, 0.1) is 10.1 Å². The number of piperidine rings is 1. The van der Waals surface area contributed by atoms with Crippen LogP contribution in [0.15, 0.2) is 34.3 Å². The lowest BCUT2D eigenvalue weighted by Gasteiger charge is -2.35. The van der Waals surface area contributed by atoms with E-state index in [0.717, 1.165) is 58.5 Å². The lowest BCUT2D eigenvalue weighted by Crippen LogP contribution is -2.33. The number of aromatic nitrogens is 4. The SMILES string of the molecule is CN(C)c1nc(Cl)c2c(n1)Sc1nc(N(C)C)nc(N3CCCCC3)c1C2c1ccc([N+](=O)[O-])cc1. The van der Waals surface area contributed by atoms with E-state index in [2.05, 4.69) is 9.88 Å². The quantitative estimate of drug-likeness (QED) is 0.208. The summed E-state index contributed by atoms with van der Waals surface area (Å²) in [5.74, 6) is 1.64. The first kappa shape index (κ1) is 24.5. The highest BCUT2D eigenvalue weighted by molar-refractivity contribution is 7.99. The Morgan fingerprint density at radius 1 is 0.917 bits per heavy atom. The van der Waals surface area contributed by atoms with E-state index in [1.165, 1.54) is 30.3 Å². The minimum absolute atomic E-state index is 0.0325. The maximum absolute atomic E-state index is 11.3. The predicted molar refractivity (Wildman–Crippen MR) is 142 cm³/mol. The van der Waals surface area contributed by atoms with Gasteiger partial charge in [-0.1, -0.05) is 23.7 Å². The summed E-state index contributed by atoms with van der Waals surface area (Å²) in [6, 6.07) is 6.61. The number of rotatable bonds is 5. The summed E-state index contributed by atoms with van der Waals surface area (Å²) in [6.07, 6.45) is 3.39. The van der Waals surface area contributed by atoms with Gasteiger partial charge in [0.1, 0.15) is 21.0 Å². The molecule has 36 heavy (non-hydrogen) atoms. The van der Waals surface area contributed by atoms with Crippen LogP contribution in [0.4, 0.5) is 23.4 Å². The third-order valence-corrected chi connectivity index (χ3v) is 7.69. The van der Waals surface area contributed by atoms with E-state index in [-0.39, 0.29) is 11.6 Å². The fourth-order valence-electron chi connectivity index (χ4n) is 4.59. The van der Waals surface area contributed by atoms with Gasteiger partial charge in [0.25, 0.3) is 5.69 Å². The zero-order valence-electron chi connectivity index (χ0n) is 20.6. The molecule has 1 unspecified atom stereocenters. The van der Waals surface area contributed by atoms with Gasteiger partial charge in [-0.15, -0.1) is 0 Å². The highest BCUT2D eigenvalue weighted by Gasteiger charge is 2.38. The summed E-state index contributed by atoms with van der Waals surface area (Å²) in [6.45, 7) is 1.81. The first-order valence-electron chi connectivity index (χ1n) is 11.8. The van der Waals surface area contributed by atoms with Gasteiger partial charge < -0.3 is 14.7 Å². The van der Waals surface area contributed by atoms with Gasteiger partial charge in [0, 0.05) is 70.5 Å². The van der Waals surface area contributed by atoms with Gasteiger partial charge in [0.15, 0.2) is 0 Å². The van der Waals surface area contributed by atoms with E-state index >= 15 is 0 Å². The van der Waals surface area contributed by atoms with Crippen molar-refractivity contribution in [2.45, 2.75) is 35.2 Å². The second kappa shape index (κ2) is 9.70. The Kier molecular flexibility index (Phi) is 6.60. The number of benzene rings is 1. The molecule has 2 aliphatic rings. The molecule has 1 fully saturated rings. The number of nitro benzene ring substituents is 1. The van der Waals surface area contributed by atoms with Crippen molar-refractivity contribution in [3.05, 3.63) is 56.2 Å². The van der Waals surface area contributed by atoms with Gasteiger partial charge in [-0.25, -0.2) is 15.0 Å². The fraction of sp³-hybridized carbons (Fsp3) is 0.417. The molecule has 1 aromatic carbocycles. The summed E-state index contributed by atoms with van der Waals surface area (Å²) in [7, 11) is 7.60. The second-order valence-electron chi connectivity index (χ2n) is 9.32. The number of anilines is 3. The second-order valence-corrected chi connectivity index (χ2v) is 10.7. The summed E-state index contributed by atoms with van der Waals surface area (Å²) in [5.41, 5.74) is 2.60.